The van der Waals surface area contributed by atoms with Gasteiger partial charge < -0.3 is 15.5 Å². The van der Waals surface area contributed by atoms with Crippen molar-refractivity contribution < 1.29 is 14.0 Å². The van der Waals surface area contributed by atoms with Crippen molar-refractivity contribution in [3.63, 3.8) is 0 Å². The molecule has 1 heterocycles. The summed E-state index contributed by atoms with van der Waals surface area (Å²) >= 11 is 0. The minimum absolute atomic E-state index is 0.0389. The third-order valence-electron chi connectivity index (χ3n) is 6.44. The topological polar surface area (TPSA) is 61.4 Å². The minimum atomic E-state index is -0.248. The SMILES string of the molecule is CC(=O)N1CCCc2cc(NC(=O)NCC3(c4ccc(F)cc4)CCCC3)ccc21. The summed E-state index contributed by atoms with van der Waals surface area (Å²) in [6.07, 6.45) is 6.00. The summed E-state index contributed by atoms with van der Waals surface area (Å²) in [6, 6.07) is 12.1. The second kappa shape index (κ2) is 8.46. The first kappa shape index (κ1) is 20.4. The zero-order chi connectivity index (χ0) is 21.1. The van der Waals surface area contributed by atoms with Gasteiger partial charge in [-0.15, -0.1) is 0 Å². The molecule has 2 N–H and O–H groups in total. The van der Waals surface area contributed by atoms with Crippen LogP contribution >= 0.6 is 0 Å². The minimum Gasteiger partial charge on any atom is -0.337 e. The molecular weight excluding hydrogens is 381 g/mol. The van der Waals surface area contributed by atoms with Gasteiger partial charge in [0.2, 0.25) is 5.91 Å². The monoisotopic (exact) mass is 409 g/mol. The quantitative estimate of drug-likeness (QED) is 0.765. The number of anilines is 2. The van der Waals surface area contributed by atoms with Crippen molar-refractivity contribution in [1.82, 2.24) is 5.32 Å². The number of hydrogen-bond acceptors (Lipinski definition) is 2. The molecule has 2 aliphatic rings. The van der Waals surface area contributed by atoms with Crippen LogP contribution in [0.5, 0.6) is 0 Å². The summed E-state index contributed by atoms with van der Waals surface area (Å²) in [5.74, 6) is -0.203. The summed E-state index contributed by atoms with van der Waals surface area (Å²) in [6.45, 7) is 2.84. The average molecular weight is 410 g/mol. The molecule has 0 unspecified atom stereocenters. The molecule has 30 heavy (non-hydrogen) atoms. The lowest BCUT2D eigenvalue weighted by Crippen LogP contribution is -2.41. The van der Waals surface area contributed by atoms with Gasteiger partial charge in [-0.25, -0.2) is 9.18 Å². The van der Waals surface area contributed by atoms with Gasteiger partial charge in [-0.3, -0.25) is 4.79 Å². The summed E-state index contributed by atoms with van der Waals surface area (Å²) in [7, 11) is 0. The number of halogens is 1. The highest BCUT2D eigenvalue weighted by atomic mass is 19.1. The number of aryl methyl sites for hydroxylation is 1. The standard InChI is InChI=1S/C24H28FN3O2/c1-17(29)28-14-4-5-18-15-21(10-11-22(18)28)27-23(30)26-16-24(12-2-3-13-24)19-6-8-20(25)9-7-19/h6-11,15H,2-5,12-14,16H2,1H3,(H2,26,27,30). The Morgan fingerprint density at radius 1 is 1.07 bits per heavy atom. The zero-order valence-corrected chi connectivity index (χ0v) is 17.3. The van der Waals surface area contributed by atoms with E-state index in [1.165, 1.54) is 12.1 Å². The Hall–Kier alpha value is -2.89. The van der Waals surface area contributed by atoms with Gasteiger partial charge in [-0.2, -0.15) is 0 Å². The molecule has 0 bridgehead atoms. The van der Waals surface area contributed by atoms with Gasteiger partial charge in [0, 0.05) is 36.8 Å². The van der Waals surface area contributed by atoms with E-state index in [0.717, 1.165) is 67.6 Å². The highest BCUT2D eigenvalue weighted by molar-refractivity contribution is 5.94. The Kier molecular flexibility index (Phi) is 5.75. The van der Waals surface area contributed by atoms with Crippen LogP contribution in [0.4, 0.5) is 20.6 Å². The largest absolute Gasteiger partial charge is 0.337 e. The molecule has 4 rings (SSSR count). The first-order valence-electron chi connectivity index (χ1n) is 10.7. The number of fused-ring (bicyclic) bond motifs is 1. The molecule has 0 atom stereocenters. The van der Waals surface area contributed by atoms with Crippen LogP contribution in [0.15, 0.2) is 42.5 Å². The van der Waals surface area contributed by atoms with Crippen molar-refractivity contribution in [2.45, 2.75) is 50.9 Å². The van der Waals surface area contributed by atoms with Gasteiger partial charge in [-0.05, 0) is 67.1 Å². The lowest BCUT2D eigenvalue weighted by Gasteiger charge is -2.30. The molecule has 1 aliphatic heterocycles. The molecule has 0 radical (unpaired) electrons. The van der Waals surface area contributed by atoms with E-state index in [2.05, 4.69) is 10.6 Å². The Labute approximate surface area is 176 Å². The van der Waals surface area contributed by atoms with E-state index in [9.17, 15) is 14.0 Å². The highest BCUT2D eigenvalue weighted by Gasteiger charge is 2.36. The van der Waals surface area contributed by atoms with Crippen molar-refractivity contribution in [3.8, 4) is 0 Å². The van der Waals surface area contributed by atoms with Gasteiger partial charge >= 0.3 is 6.03 Å². The van der Waals surface area contributed by atoms with Crippen LogP contribution in [0, 0.1) is 5.82 Å². The fourth-order valence-corrected chi connectivity index (χ4v) is 4.85. The molecule has 0 saturated heterocycles. The maximum absolute atomic E-state index is 13.3. The summed E-state index contributed by atoms with van der Waals surface area (Å²) in [5.41, 5.74) is 3.68. The van der Waals surface area contributed by atoms with Crippen LogP contribution in [0.25, 0.3) is 0 Å². The third-order valence-corrected chi connectivity index (χ3v) is 6.44. The van der Waals surface area contributed by atoms with E-state index in [1.807, 2.05) is 30.3 Å². The summed E-state index contributed by atoms with van der Waals surface area (Å²) in [4.78, 5) is 26.2. The van der Waals surface area contributed by atoms with Crippen LogP contribution in [0.1, 0.15) is 50.2 Å². The smallest absolute Gasteiger partial charge is 0.319 e. The van der Waals surface area contributed by atoms with Crippen molar-refractivity contribution in [2.75, 3.05) is 23.3 Å². The first-order chi connectivity index (χ1) is 14.5. The second-order valence-electron chi connectivity index (χ2n) is 8.42. The number of urea groups is 1. The molecule has 1 aliphatic carbocycles. The van der Waals surface area contributed by atoms with E-state index in [-0.39, 0.29) is 23.2 Å². The van der Waals surface area contributed by atoms with E-state index in [0.29, 0.717) is 6.54 Å². The molecule has 0 aromatic heterocycles. The molecule has 3 amide bonds. The number of carbonyl (C=O) groups excluding carboxylic acids is 2. The van der Waals surface area contributed by atoms with Crippen molar-refractivity contribution in [1.29, 1.82) is 0 Å². The molecule has 5 nitrogen and oxygen atoms in total. The fraction of sp³-hybridized carbons (Fsp3) is 0.417. The Balaban J connectivity index is 1.42. The average Bonchev–Trinajstić information content (AvgIpc) is 3.22. The van der Waals surface area contributed by atoms with Crippen LogP contribution < -0.4 is 15.5 Å². The predicted molar refractivity (Wildman–Crippen MR) is 116 cm³/mol. The van der Waals surface area contributed by atoms with E-state index < -0.39 is 0 Å². The molecule has 0 spiro atoms. The van der Waals surface area contributed by atoms with E-state index in [1.54, 1.807) is 11.8 Å². The molecule has 6 heteroatoms. The van der Waals surface area contributed by atoms with Crippen molar-refractivity contribution in [3.05, 3.63) is 59.4 Å². The maximum atomic E-state index is 13.3. The number of rotatable bonds is 4. The molecule has 158 valence electrons. The number of hydrogen-bond donors (Lipinski definition) is 2. The fourth-order valence-electron chi connectivity index (χ4n) is 4.85. The van der Waals surface area contributed by atoms with Crippen LogP contribution in [0.3, 0.4) is 0 Å². The number of nitrogens with one attached hydrogen (secondary N) is 2. The lowest BCUT2D eigenvalue weighted by molar-refractivity contribution is -0.116. The highest BCUT2D eigenvalue weighted by Crippen LogP contribution is 2.40. The summed E-state index contributed by atoms with van der Waals surface area (Å²) < 4.78 is 13.3. The van der Waals surface area contributed by atoms with E-state index >= 15 is 0 Å². The summed E-state index contributed by atoms with van der Waals surface area (Å²) in [5, 5.41) is 5.95. The van der Waals surface area contributed by atoms with Gasteiger partial charge in [0.05, 0.1) is 0 Å². The Morgan fingerprint density at radius 2 is 1.80 bits per heavy atom. The predicted octanol–water partition coefficient (Wildman–Crippen LogP) is 4.76. The number of benzene rings is 2. The van der Waals surface area contributed by atoms with Gasteiger partial charge in [0.1, 0.15) is 5.82 Å². The number of amides is 3. The van der Waals surface area contributed by atoms with Crippen molar-refractivity contribution in [2.24, 2.45) is 0 Å². The number of nitrogens with zero attached hydrogens (tertiary/aromatic N) is 1. The van der Waals surface area contributed by atoms with Crippen LogP contribution in [-0.4, -0.2) is 25.0 Å². The molecular formula is C24H28FN3O2. The lowest BCUT2D eigenvalue weighted by atomic mass is 9.79. The maximum Gasteiger partial charge on any atom is 0.319 e. The van der Waals surface area contributed by atoms with Gasteiger partial charge in [-0.1, -0.05) is 25.0 Å². The van der Waals surface area contributed by atoms with Crippen LogP contribution in [-0.2, 0) is 16.6 Å². The first-order valence-corrected chi connectivity index (χ1v) is 10.7. The van der Waals surface area contributed by atoms with Gasteiger partial charge in [0.15, 0.2) is 0 Å². The second-order valence-corrected chi connectivity index (χ2v) is 8.42. The molecule has 1 fully saturated rings. The van der Waals surface area contributed by atoms with E-state index in [4.69, 9.17) is 0 Å². The Bertz CT molecular complexity index is 936. The molecule has 1 saturated carbocycles. The van der Waals surface area contributed by atoms with Gasteiger partial charge in [0.25, 0.3) is 0 Å². The van der Waals surface area contributed by atoms with Crippen LogP contribution in [0.2, 0.25) is 0 Å². The third kappa shape index (κ3) is 4.18. The zero-order valence-electron chi connectivity index (χ0n) is 17.3. The van der Waals surface area contributed by atoms with Crippen molar-refractivity contribution >= 4 is 23.3 Å². The normalized spacial score (nSPS) is 17.3. The molecule has 2 aromatic rings. The Morgan fingerprint density at radius 3 is 2.50 bits per heavy atom. The number of carbonyl (C=O) groups is 2. The molecule has 2 aromatic carbocycles.